The maximum absolute atomic E-state index is 12.5. The van der Waals surface area contributed by atoms with Crippen molar-refractivity contribution in [1.82, 2.24) is 4.90 Å². The summed E-state index contributed by atoms with van der Waals surface area (Å²) in [6.45, 7) is 10.3. The summed E-state index contributed by atoms with van der Waals surface area (Å²) in [5.74, 6) is 0.247. The molecule has 0 aromatic carbocycles. The number of carbonyl (C=O) groups excluding carboxylic acids is 2. The number of rotatable bonds is 3. The Labute approximate surface area is 127 Å². The second-order valence-corrected chi connectivity index (χ2v) is 7.31. The van der Waals surface area contributed by atoms with Crippen molar-refractivity contribution in [3.8, 4) is 0 Å². The van der Waals surface area contributed by atoms with Gasteiger partial charge in [0.2, 0.25) is 0 Å². The zero-order valence-electron chi connectivity index (χ0n) is 13.7. The van der Waals surface area contributed by atoms with Crippen molar-refractivity contribution < 1.29 is 19.1 Å². The Balaban J connectivity index is 2.12. The van der Waals surface area contributed by atoms with E-state index < -0.39 is 5.60 Å². The fourth-order valence-corrected chi connectivity index (χ4v) is 2.79. The Morgan fingerprint density at radius 2 is 1.86 bits per heavy atom. The number of Topliss-reactive ketones (excluding diaryl/α,β-unsaturated/α-hetero) is 1. The first-order valence-corrected chi connectivity index (χ1v) is 7.83. The third kappa shape index (κ3) is 3.96. The van der Waals surface area contributed by atoms with Gasteiger partial charge in [0.1, 0.15) is 11.4 Å². The first-order chi connectivity index (χ1) is 9.70. The molecular formula is C16H27NO4. The first kappa shape index (κ1) is 16.3. The van der Waals surface area contributed by atoms with Crippen molar-refractivity contribution in [2.24, 2.45) is 11.8 Å². The number of carbonyl (C=O) groups is 2. The van der Waals surface area contributed by atoms with Crippen molar-refractivity contribution in [1.29, 1.82) is 0 Å². The molecular weight excluding hydrogens is 270 g/mol. The van der Waals surface area contributed by atoms with E-state index in [9.17, 15) is 9.59 Å². The Morgan fingerprint density at radius 3 is 2.38 bits per heavy atom. The lowest BCUT2D eigenvalue weighted by atomic mass is 9.92. The van der Waals surface area contributed by atoms with Gasteiger partial charge in [0.25, 0.3) is 0 Å². The number of ether oxygens (including phenoxy) is 2. The van der Waals surface area contributed by atoms with E-state index in [1.807, 2.05) is 34.6 Å². The molecule has 0 N–H and O–H groups in total. The van der Waals surface area contributed by atoms with E-state index in [0.29, 0.717) is 13.2 Å². The summed E-state index contributed by atoms with van der Waals surface area (Å²) in [6.07, 6.45) is 1.62. The van der Waals surface area contributed by atoms with E-state index in [1.54, 1.807) is 4.90 Å². The minimum absolute atomic E-state index is 0.0759. The van der Waals surface area contributed by atoms with Crippen molar-refractivity contribution in [2.75, 3.05) is 13.2 Å². The molecule has 21 heavy (non-hydrogen) atoms. The lowest BCUT2D eigenvalue weighted by Crippen LogP contribution is -2.58. The van der Waals surface area contributed by atoms with E-state index in [-0.39, 0.29) is 35.8 Å². The van der Waals surface area contributed by atoms with Crippen molar-refractivity contribution in [3.63, 3.8) is 0 Å². The average molecular weight is 297 g/mol. The van der Waals surface area contributed by atoms with Gasteiger partial charge in [-0.05, 0) is 40.5 Å². The number of hydrogen-bond donors (Lipinski definition) is 0. The summed E-state index contributed by atoms with van der Waals surface area (Å²) in [4.78, 5) is 26.5. The lowest BCUT2D eigenvalue weighted by molar-refractivity contribution is -0.130. The molecule has 0 bridgehead atoms. The Morgan fingerprint density at radius 1 is 1.24 bits per heavy atom. The molecule has 1 heterocycles. The van der Waals surface area contributed by atoms with Crippen LogP contribution in [0.5, 0.6) is 0 Å². The molecule has 2 aliphatic rings. The van der Waals surface area contributed by atoms with Crippen LogP contribution in [0, 0.1) is 11.8 Å². The topological polar surface area (TPSA) is 55.8 Å². The second kappa shape index (κ2) is 5.95. The highest BCUT2D eigenvalue weighted by Crippen LogP contribution is 2.35. The van der Waals surface area contributed by atoms with Gasteiger partial charge in [-0.1, -0.05) is 6.92 Å². The van der Waals surface area contributed by atoms with E-state index in [2.05, 4.69) is 0 Å². The molecule has 0 spiro atoms. The normalized spacial score (nSPS) is 28.1. The third-order valence-electron chi connectivity index (χ3n) is 4.09. The SMILES string of the molecule is CC(C(=O)C1CC1)C1COCC(C)N1C(=O)OC(C)(C)C. The van der Waals surface area contributed by atoms with Gasteiger partial charge >= 0.3 is 6.09 Å². The molecule has 1 aliphatic carbocycles. The Kier molecular flexibility index (Phi) is 4.61. The Hall–Kier alpha value is -1.10. The molecule has 1 aliphatic heterocycles. The van der Waals surface area contributed by atoms with Crippen LogP contribution in [0.25, 0.3) is 0 Å². The molecule has 3 unspecified atom stereocenters. The molecule has 5 nitrogen and oxygen atoms in total. The number of amides is 1. The fourth-order valence-electron chi connectivity index (χ4n) is 2.79. The van der Waals surface area contributed by atoms with Crippen LogP contribution in [-0.4, -0.2) is 47.7 Å². The molecule has 5 heteroatoms. The predicted molar refractivity (Wildman–Crippen MR) is 79.0 cm³/mol. The van der Waals surface area contributed by atoms with Crippen molar-refractivity contribution in [2.45, 2.75) is 65.1 Å². The fraction of sp³-hybridized carbons (Fsp3) is 0.875. The molecule has 1 amide bonds. The molecule has 120 valence electrons. The van der Waals surface area contributed by atoms with Crippen LogP contribution in [0.15, 0.2) is 0 Å². The predicted octanol–water partition coefficient (Wildman–Crippen LogP) is 2.63. The summed E-state index contributed by atoms with van der Waals surface area (Å²) in [7, 11) is 0. The van der Waals surface area contributed by atoms with E-state index >= 15 is 0 Å². The van der Waals surface area contributed by atoms with Crippen LogP contribution >= 0.6 is 0 Å². The molecule has 1 saturated carbocycles. The van der Waals surface area contributed by atoms with E-state index in [4.69, 9.17) is 9.47 Å². The van der Waals surface area contributed by atoms with Crippen LogP contribution in [0.3, 0.4) is 0 Å². The lowest BCUT2D eigenvalue weighted by Gasteiger charge is -2.43. The summed E-state index contributed by atoms with van der Waals surface area (Å²) in [5.41, 5.74) is -0.538. The number of nitrogens with zero attached hydrogens (tertiary/aromatic N) is 1. The summed E-state index contributed by atoms with van der Waals surface area (Å²) in [5, 5.41) is 0. The smallest absolute Gasteiger partial charge is 0.410 e. The van der Waals surface area contributed by atoms with Gasteiger partial charge in [-0.25, -0.2) is 4.79 Å². The zero-order valence-corrected chi connectivity index (χ0v) is 13.7. The summed E-state index contributed by atoms with van der Waals surface area (Å²) >= 11 is 0. The first-order valence-electron chi connectivity index (χ1n) is 7.83. The zero-order chi connectivity index (χ0) is 15.8. The second-order valence-electron chi connectivity index (χ2n) is 7.31. The van der Waals surface area contributed by atoms with Crippen LogP contribution in [0.1, 0.15) is 47.5 Å². The third-order valence-corrected chi connectivity index (χ3v) is 4.09. The molecule has 0 aromatic rings. The van der Waals surface area contributed by atoms with Gasteiger partial charge in [-0.2, -0.15) is 0 Å². The van der Waals surface area contributed by atoms with Gasteiger partial charge in [-0.3, -0.25) is 9.69 Å². The minimum Gasteiger partial charge on any atom is -0.444 e. The highest BCUT2D eigenvalue weighted by Gasteiger charge is 2.43. The van der Waals surface area contributed by atoms with Crippen LogP contribution < -0.4 is 0 Å². The van der Waals surface area contributed by atoms with Gasteiger partial charge in [0.15, 0.2) is 0 Å². The molecule has 1 saturated heterocycles. The standard InChI is InChI=1S/C16H27NO4/c1-10-8-20-9-13(11(2)14(18)12-6-7-12)17(10)15(19)21-16(3,4)5/h10-13H,6-9H2,1-5H3. The van der Waals surface area contributed by atoms with Gasteiger partial charge in [-0.15, -0.1) is 0 Å². The largest absolute Gasteiger partial charge is 0.444 e. The van der Waals surface area contributed by atoms with Crippen LogP contribution in [-0.2, 0) is 14.3 Å². The molecule has 0 aromatic heterocycles. The van der Waals surface area contributed by atoms with Crippen molar-refractivity contribution >= 4 is 11.9 Å². The highest BCUT2D eigenvalue weighted by atomic mass is 16.6. The molecule has 2 rings (SSSR count). The maximum atomic E-state index is 12.5. The van der Waals surface area contributed by atoms with Gasteiger partial charge in [0.05, 0.1) is 25.3 Å². The molecule has 3 atom stereocenters. The number of ketones is 1. The van der Waals surface area contributed by atoms with Crippen molar-refractivity contribution in [3.05, 3.63) is 0 Å². The number of morpholine rings is 1. The number of hydrogen-bond acceptors (Lipinski definition) is 4. The van der Waals surface area contributed by atoms with Crippen LogP contribution in [0.4, 0.5) is 4.79 Å². The van der Waals surface area contributed by atoms with Crippen LogP contribution in [0.2, 0.25) is 0 Å². The van der Waals surface area contributed by atoms with E-state index in [1.165, 1.54) is 0 Å². The summed E-state index contributed by atoms with van der Waals surface area (Å²) in [6, 6.07) is -0.301. The monoisotopic (exact) mass is 297 g/mol. The quantitative estimate of drug-likeness (QED) is 0.803. The van der Waals surface area contributed by atoms with Gasteiger partial charge in [0, 0.05) is 11.8 Å². The average Bonchev–Trinajstić information content (AvgIpc) is 3.18. The van der Waals surface area contributed by atoms with Gasteiger partial charge < -0.3 is 9.47 Å². The minimum atomic E-state index is -0.538. The summed E-state index contributed by atoms with van der Waals surface area (Å²) < 4.78 is 11.1. The Bertz CT molecular complexity index is 411. The highest BCUT2D eigenvalue weighted by molar-refractivity contribution is 5.86. The molecule has 2 fully saturated rings. The maximum Gasteiger partial charge on any atom is 0.410 e. The molecule has 0 radical (unpaired) electrons. The van der Waals surface area contributed by atoms with E-state index in [0.717, 1.165) is 12.8 Å².